The number of aromatic nitrogens is 1. The van der Waals surface area contributed by atoms with E-state index in [0.29, 0.717) is 19.7 Å². The van der Waals surface area contributed by atoms with Crippen molar-refractivity contribution in [1.29, 1.82) is 0 Å². The summed E-state index contributed by atoms with van der Waals surface area (Å²) in [5.74, 6) is -0.456. The van der Waals surface area contributed by atoms with Crippen molar-refractivity contribution in [2.24, 2.45) is 5.73 Å². The summed E-state index contributed by atoms with van der Waals surface area (Å²) >= 11 is 6.76. The summed E-state index contributed by atoms with van der Waals surface area (Å²) in [6.07, 6.45) is 1.74. The fraction of sp³-hybridized carbons (Fsp3) is 0.400. The average Bonchev–Trinajstić information content (AvgIpc) is 2.25. The highest BCUT2D eigenvalue weighted by Crippen LogP contribution is 2.19. The molecule has 0 spiro atoms. The van der Waals surface area contributed by atoms with Crippen LogP contribution in [0.1, 0.15) is 5.69 Å². The summed E-state index contributed by atoms with van der Waals surface area (Å²) < 4.78 is 6.88. The van der Waals surface area contributed by atoms with Gasteiger partial charge in [-0.2, -0.15) is 0 Å². The van der Waals surface area contributed by atoms with Crippen molar-refractivity contribution in [3.05, 3.63) is 26.9 Å². The molecule has 7 heteroatoms. The Morgan fingerprint density at radius 3 is 2.94 bits per heavy atom. The second kappa shape index (κ2) is 7.75. The van der Waals surface area contributed by atoms with E-state index in [2.05, 4.69) is 42.2 Å². The van der Waals surface area contributed by atoms with Crippen molar-refractivity contribution in [2.75, 3.05) is 19.8 Å². The van der Waals surface area contributed by atoms with Gasteiger partial charge in [-0.25, -0.2) is 0 Å². The maximum atomic E-state index is 10.4. The predicted molar refractivity (Wildman–Crippen MR) is 71.4 cm³/mol. The van der Waals surface area contributed by atoms with Crippen LogP contribution >= 0.6 is 31.9 Å². The van der Waals surface area contributed by atoms with E-state index in [9.17, 15) is 4.79 Å². The molecule has 1 amide bonds. The van der Waals surface area contributed by atoms with E-state index in [1.807, 2.05) is 6.07 Å². The number of carbonyl (C=O) groups is 1. The lowest BCUT2D eigenvalue weighted by Gasteiger charge is -2.06. The Morgan fingerprint density at radius 2 is 2.29 bits per heavy atom. The minimum absolute atomic E-state index is 0.0398. The second-order valence-corrected chi connectivity index (χ2v) is 5.05. The Kier molecular flexibility index (Phi) is 6.64. The lowest BCUT2D eigenvalue weighted by molar-refractivity contribution is -0.122. The standard InChI is InChI=1S/C10H13Br2N3O2/c11-7-3-8(12)9(15-4-7)5-14-1-2-17-6-10(13)16/h3-4,14H,1-2,5-6H2,(H2,13,16). The second-order valence-electron chi connectivity index (χ2n) is 3.28. The zero-order chi connectivity index (χ0) is 12.7. The van der Waals surface area contributed by atoms with E-state index in [1.54, 1.807) is 6.20 Å². The molecule has 0 aliphatic carbocycles. The van der Waals surface area contributed by atoms with Crippen LogP contribution in [0.25, 0.3) is 0 Å². The normalized spacial score (nSPS) is 10.5. The molecule has 0 bridgehead atoms. The van der Waals surface area contributed by atoms with Gasteiger partial charge in [0.15, 0.2) is 0 Å². The molecule has 0 saturated carbocycles. The third kappa shape index (κ3) is 6.11. The van der Waals surface area contributed by atoms with Crippen LogP contribution in [0.5, 0.6) is 0 Å². The van der Waals surface area contributed by atoms with Gasteiger partial charge in [0.1, 0.15) is 6.61 Å². The maximum Gasteiger partial charge on any atom is 0.243 e. The van der Waals surface area contributed by atoms with Gasteiger partial charge in [-0.1, -0.05) is 0 Å². The maximum absolute atomic E-state index is 10.4. The number of primary amides is 1. The molecule has 0 aliphatic rings. The first-order chi connectivity index (χ1) is 8.09. The van der Waals surface area contributed by atoms with Crippen LogP contribution in [0.3, 0.4) is 0 Å². The molecule has 5 nitrogen and oxygen atoms in total. The highest BCUT2D eigenvalue weighted by atomic mass is 79.9. The van der Waals surface area contributed by atoms with Gasteiger partial charge in [0, 0.05) is 28.2 Å². The quantitative estimate of drug-likeness (QED) is 0.711. The lowest BCUT2D eigenvalue weighted by atomic mass is 10.3. The summed E-state index contributed by atoms with van der Waals surface area (Å²) in [6, 6.07) is 1.94. The molecule has 94 valence electrons. The molecular formula is C10H13Br2N3O2. The van der Waals surface area contributed by atoms with Crippen LogP contribution in [-0.2, 0) is 16.1 Å². The van der Waals surface area contributed by atoms with E-state index in [4.69, 9.17) is 10.5 Å². The lowest BCUT2D eigenvalue weighted by Crippen LogP contribution is -2.24. The molecule has 0 aromatic carbocycles. The molecule has 0 aliphatic heterocycles. The van der Waals surface area contributed by atoms with Crippen LogP contribution in [0, 0.1) is 0 Å². The highest BCUT2D eigenvalue weighted by Gasteiger charge is 2.01. The molecule has 0 saturated heterocycles. The van der Waals surface area contributed by atoms with E-state index >= 15 is 0 Å². The Bertz CT molecular complexity index is 388. The third-order valence-electron chi connectivity index (χ3n) is 1.84. The van der Waals surface area contributed by atoms with Crippen molar-refractivity contribution >= 4 is 37.8 Å². The Morgan fingerprint density at radius 1 is 1.53 bits per heavy atom. The minimum atomic E-state index is -0.456. The van der Waals surface area contributed by atoms with E-state index in [0.717, 1.165) is 14.6 Å². The van der Waals surface area contributed by atoms with Gasteiger partial charge in [0.05, 0.1) is 12.3 Å². The highest BCUT2D eigenvalue weighted by molar-refractivity contribution is 9.11. The summed E-state index contributed by atoms with van der Waals surface area (Å²) in [5.41, 5.74) is 5.85. The number of ether oxygens (including phenoxy) is 1. The summed E-state index contributed by atoms with van der Waals surface area (Å²) in [5, 5.41) is 3.15. The van der Waals surface area contributed by atoms with E-state index in [-0.39, 0.29) is 6.61 Å². The molecule has 1 aromatic heterocycles. The summed E-state index contributed by atoms with van der Waals surface area (Å²) in [6.45, 7) is 1.67. The van der Waals surface area contributed by atoms with Gasteiger partial charge < -0.3 is 15.8 Å². The fourth-order valence-corrected chi connectivity index (χ4v) is 2.22. The first-order valence-corrected chi connectivity index (χ1v) is 6.55. The Hall–Kier alpha value is -0.500. The molecule has 3 N–H and O–H groups in total. The number of nitrogens with one attached hydrogen (secondary N) is 1. The molecule has 0 atom stereocenters. The van der Waals surface area contributed by atoms with Crippen LogP contribution in [0.2, 0.25) is 0 Å². The molecular weight excluding hydrogens is 354 g/mol. The minimum Gasteiger partial charge on any atom is -0.370 e. The molecule has 17 heavy (non-hydrogen) atoms. The molecule has 0 fully saturated rings. The smallest absolute Gasteiger partial charge is 0.243 e. The van der Waals surface area contributed by atoms with E-state index < -0.39 is 5.91 Å². The van der Waals surface area contributed by atoms with Gasteiger partial charge in [-0.05, 0) is 37.9 Å². The molecule has 1 rings (SSSR count). The predicted octanol–water partition coefficient (Wildman–Crippen LogP) is 1.20. The van der Waals surface area contributed by atoms with Gasteiger partial charge in [-0.15, -0.1) is 0 Å². The number of nitrogens with two attached hydrogens (primary N) is 1. The molecule has 1 aromatic rings. The van der Waals surface area contributed by atoms with Gasteiger partial charge in [0.2, 0.25) is 5.91 Å². The van der Waals surface area contributed by atoms with Gasteiger partial charge in [-0.3, -0.25) is 9.78 Å². The molecule has 0 unspecified atom stereocenters. The van der Waals surface area contributed by atoms with Crippen molar-refractivity contribution < 1.29 is 9.53 Å². The van der Waals surface area contributed by atoms with Crippen LogP contribution in [-0.4, -0.2) is 30.6 Å². The SMILES string of the molecule is NC(=O)COCCNCc1ncc(Br)cc1Br. The monoisotopic (exact) mass is 365 g/mol. The number of carbonyl (C=O) groups excluding carboxylic acids is 1. The van der Waals surface area contributed by atoms with Crippen LogP contribution < -0.4 is 11.1 Å². The van der Waals surface area contributed by atoms with Crippen molar-refractivity contribution in [2.45, 2.75) is 6.54 Å². The van der Waals surface area contributed by atoms with Gasteiger partial charge >= 0.3 is 0 Å². The average molecular weight is 367 g/mol. The van der Waals surface area contributed by atoms with Crippen LogP contribution in [0.4, 0.5) is 0 Å². The number of rotatable bonds is 7. The number of amides is 1. The summed E-state index contributed by atoms with van der Waals surface area (Å²) in [7, 11) is 0. The van der Waals surface area contributed by atoms with Crippen molar-refractivity contribution in [3.8, 4) is 0 Å². The Balaban J connectivity index is 2.20. The van der Waals surface area contributed by atoms with Crippen LogP contribution in [0.15, 0.2) is 21.2 Å². The Labute approximate surface area is 116 Å². The first kappa shape index (κ1) is 14.6. The number of hydrogen-bond acceptors (Lipinski definition) is 4. The van der Waals surface area contributed by atoms with E-state index in [1.165, 1.54) is 0 Å². The zero-order valence-electron chi connectivity index (χ0n) is 9.08. The van der Waals surface area contributed by atoms with Crippen molar-refractivity contribution in [3.63, 3.8) is 0 Å². The molecule has 0 radical (unpaired) electrons. The zero-order valence-corrected chi connectivity index (χ0v) is 12.3. The number of halogens is 2. The third-order valence-corrected chi connectivity index (χ3v) is 2.96. The molecule has 1 heterocycles. The van der Waals surface area contributed by atoms with Gasteiger partial charge in [0.25, 0.3) is 0 Å². The number of nitrogens with zero attached hydrogens (tertiary/aromatic N) is 1. The van der Waals surface area contributed by atoms with Crippen molar-refractivity contribution in [1.82, 2.24) is 10.3 Å². The number of pyridine rings is 1. The first-order valence-electron chi connectivity index (χ1n) is 4.96. The largest absolute Gasteiger partial charge is 0.370 e. The fourth-order valence-electron chi connectivity index (χ4n) is 1.10. The number of hydrogen-bond donors (Lipinski definition) is 2. The topological polar surface area (TPSA) is 77.2 Å². The summed E-state index contributed by atoms with van der Waals surface area (Å²) in [4.78, 5) is 14.6.